The first-order chi connectivity index (χ1) is 8.54. The Kier molecular flexibility index (Phi) is 4.74. The normalized spacial score (nSPS) is 34.7. The Morgan fingerprint density at radius 2 is 1.94 bits per heavy atom. The Bertz CT molecular complexity index is 303. The summed E-state index contributed by atoms with van der Waals surface area (Å²) in [5, 5.41) is 4.31. The molecule has 18 heavy (non-hydrogen) atoms. The van der Waals surface area contributed by atoms with E-state index in [1.165, 1.54) is 32.1 Å². The van der Waals surface area contributed by atoms with Crippen molar-refractivity contribution in [3.05, 3.63) is 0 Å². The van der Waals surface area contributed by atoms with Gasteiger partial charge in [-0.25, -0.2) is 0 Å². The molecule has 0 aromatic heterocycles. The van der Waals surface area contributed by atoms with E-state index in [2.05, 4.69) is 35.1 Å². The van der Waals surface area contributed by atoms with Gasteiger partial charge in [0.1, 0.15) is 0 Å². The molecule has 2 fully saturated rings. The summed E-state index contributed by atoms with van der Waals surface area (Å²) in [6.07, 6.45) is 7.40. The molecule has 1 N–H and O–H groups in total. The van der Waals surface area contributed by atoms with Crippen molar-refractivity contribution >= 4 is 21.8 Å². The van der Waals surface area contributed by atoms with Crippen molar-refractivity contribution in [2.45, 2.75) is 52.4 Å². The summed E-state index contributed by atoms with van der Waals surface area (Å²) in [4.78, 5) is 12.3. The lowest BCUT2D eigenvalue weighted by atomic mass is 9.81. The molecular formula is C15H26BrNO. The third-order valence-electron chi connectivity index (χ3n) is 5.13. The molecule has 1 amide bonds. The summed E-state index contributed by atoms with van der Waals surface area (Å²) in [6.45, 7) is 5.36. The van der Waals surface area contributed by atoms with Crippen molar-refractivity contribution in [2.24, 2.45) is 23.2 Å². The molecule has 0 saturated heterocycles. The second-order valence-electron chi connectivity index (χ2n) is 6.78. The van der Waals surface area contributed by atoms with Crippen LogP contribution in [0.1, 0.15) is 52.4 Å². The monoisotopic (exact) mass is 315 g/mol. The maximum Gasteiger partial charge on any atom is 0.223 e. The van der Waals surface area contributed by atoms with E-state index in [1.807, 2.05) is 0 Å². The van der Waals surface area contributed by atoms with Gasteiger partial charge in [-0.3, -0.25) is 4.79 Å². The summed E-state index contributed by atoms with van der Waals surface area (Å²) < 4.78 is 0. The van der Waals surface area contributed by atoms with Gasteiger partial charge < -0.3 is 5.32 Å². The van der Waals surface area contributed by atoms with Gasteiger partial charge in [-0.2, -0.15) is 0 Å². The quantitative estimate of drug-likeness (QED) is 0.787. The van der Waals surface area contributed by atoms with Gasteiger partial charge in [0.2, 0.25) is 5.91 Å². The Morgan fingerprint density at radius 3 is 2.56 bits per heavy atom. The molecule has 2 saturated carbocycles. The molecule has 104 valence electrons. The van der Waals surface area contributed by atoms with Gasteiger partial charge in [-0.05, 0) is 42.9 Å². The standard InChI is InChI=1S/C15H26BrNO/c1-15(2)8-4-7-13(15)14(18)17-10-12-6-3-5-11(12)9-16/h11-13H,3-10H2,1-2H3,(H,17,18). The van der Waals surface area contributed by atoms with E-state index in [0.717, 1.165) is 24.2 Å². The minimum atomic E-state index is 0.203. The van der Waals surface area contributed by atoms with Gasteiger partial charge in [0.15, 0.2) is 0 Å². The second kappa shape index (κ2) is 5.94. The van der Waals surface area contributed by atoms with E-state index in [1.54, 1.807) is 0 Å². The molecule has 2 aliphatic rings. The van der Waals surface area contributed by atoms with Gasteiger partial charge in [0, 0.05) is 17.8 Å². The number of carbonyl (C=O) groups excluding carboxylic acids is 1. The smallest absolute Gasteiger partial charge is 0.223 e. The molecule has 3 unspecified atom stereocenters. The number of rotatable bonds is 4. The summed E-state index contributed by atoms with van der Waals surface area (Å²) in [7, 11) is 0. The molecule has 0 radical (unpaired) electrons. The van der Waals surface area contributed by atoms with E-state index in [4.69, 9.17) is 0 Å². The van der Waals surface area contributed by atoms with Crippen molar-refractivity contribution < 1.29 is 4.79 Å². The third kappa shape index (κ3) is 3.09. The molecule has 2 rings (SSSR count). The number of carbonyl (C=O) groups is 1. The fourth-order valence-corrected chi connectivity index (χ4v) is 4.61. The van der Waals surface area contributed by atoms with Crippen molar-refractivity contribution in [1.82, 2.24) is 5.32 Å². The summed E-state index contributed by atoms with van der Waals surface area (Å²) in [5.41, 5.74) is 0.203. The molecule has 0 bridgehead atoms. The van der Waals surface area contributed by atoms with Gasteiger partial charge in [0.25, 0.3) is 0 Å². The van der Waals surface area contributed by atoms with Crippen LogP contribution >= 0.6 is 15.9 Å². The molecule has 0 spiro atoms. The summed E-state index contributed by atoms with van der Waals surface area (Å²) >= 11 is 3.60. The average Bonchev–Trinajstić information content (AvgIpc) is 2.91. The first-order valence-corrected chi connectivity index (χ1v) is 8.50. The summed E-state index contributed by atoms with van der Waals surface area (Å²) in [6, 6.07) is 0. The fourth-order valence-electron chi connectivity index (χ4n) is 3.75. The van der Waals surface area contributed by atoms with Gasteiger partial charge >= 0.3 is 0 Å². The van der Waals surface area contributed by atoms with Crippen LogP contribution in [0.2, 0.25) is 0 Å². The minimum absolute atomic E-state index is 0.203. The predicted octanol–water partition coefficient (Wildman–Crippen LogP) is 3.74. The number of hydrogen-bond donors (Lipinski definition) is 1. The van der Waals surface area contributed by atoms with Crippen LogP contribution in [0, 0.1) is 23.2 Å². The molecule has 0 aromatic rings. The molecular weight excluding hydrogens is 290 g/mol. The SMILES string of the molecule is CC1(C)CCCC1C(=O)NCC1CCCC1CBr. The molecule has 0 aliphatic heterocycles. The van der Waals surface area contributed by atoms with E-state index >= 15 is 0 Å². The molecule has 2 aliphatic carbocycles. The van der Waals surface area contributed by atoms with Crippen LogP contribution in [0.15, 0.2) is 0 Å². The van der Waals surface area contributed by atoms with E-state index in [0.29, 0.717) is 11.8 Å². The second-order valence-corrected chi connectivity index (χ2v) is 7.43. The third-order valence-corrected chi connectivity index (χ3v) is 5.96. The first kappa shape index (κ1) is 14.4. The lowest BCUT2D eigenvalue weighted by Crippen LogP contribution is -2.39. The van der Waals surface area contributed by atoms with E-state index in [9.17, 15) is 4.79 Å². The van der Waals surface area contributed by atoms with Crippen LogP contribution in [0.25, 0.3) is 0 Å². The van der Waals surface area contributed by atoms with E-state index < -0.39 is 0 Å². The lowest BCUT2D eigenvalue weighted by Gasteiger charge is -2.27. The molecule has 0 heterocycles. The number of halogens is 1. The minimum Gasteiger partial charge on any atom is -0.356 e. The summed E-state index contributed by atoms with van der Waals surface area (Å²) in [5.74, 6) is 2.00. The number of hydrogen-bond acceptors (Lipinski definition) is 1. The predicted molar refractivity (Wildman–Crippen MR) is 78.8 cm³/mol. The van der Waals surface area contributed by atoms with Crippen LogP contribution in [0.5, 0.6) is 0 Å². The Morgan fingerprint density at radius 1 is 1.22 bits per heavy atom. The van der Waals surface area contributed by atoms with Crippen LogP contribution < -0.4 is 5.32 Å². The highest BCUT2D eigenvalue weighted by molar-refractivity contribution is 9.09. The zero-order valence-corrected chi connectivity index (χ0v) is 13.3. The van der Waals surface area contributed by atoms with Crippen molar-refractivity contribution in [1.29, 1.82) is 0 Å². The van der Waals surface area contributed by atoms with Crippen molar-refractivity contribution in [2.75, 3.05) is 11.9 Å². The van der Waals surface area contributed by atoms with Crippen LogP contribution in [-0.2, 0) is 4.79 Å². The lowest BCUT2D eigenvalue weighted by molar-refractivity contribution is -0.127. The number of alkyl halides is 1. The fraction of sp³-hybridized carbons (Fsp3) is 0.933. The average molecular weight is 316 g/mol. The molecule has 0 aromatic carbocycles. The first-order valence-electron chi connectivity index (χ1n) is 7.38. The number of nitrogens with one attached hydrogen (secondary N) is 1. The van der Waals surface area contributed by atoms with Crippen LogP contribution in [0.4, 0.5) is 0 Å². The number of amides is 1. The maximum absolute atomic E-state index is 12.3. The molecule has 2 nitrogen and oxygen atoms in total. The maximum atomic E-state index is 12.3. The highest BCUT2D eigenvalue weighted by Crippen LogP contribution is 2.42. The highest BCUT2D eigenvalue weighted by atomic mass is 79.9. The Balaban J connectivity index is 1.81. The topological polar surface area (TPSA) is 29.1 Å². The van der Waals surface area contributed by atoms with Crippen LogP contribution in [0.3, 0.4) is 0 Å². The molecule has 3 heteroatoms. The van der Waals surface area contributed by atoms with Gasteiger partial charge in [-0.15, -0.1) is 0 Å². The van der Waals surface area contributed by atoms with Crippen molar-refractivity contribution in [3.8, 4) is 0 Å². The van der Waals surface area contributed by atoms with Crippen molar-refractivity contribution in [3.63, 3.8) is 0 Å². The van der Waals surface area contributed by atoms with Gasteiger partial charge in [0.05, 0.1) is 0 Å². The zero-order chi connectivity index (χ0) is 13.2. The zero-order valence-electron chi connectivity index (χ0n) is 11.7. The Labute approximate surface area is 119 Å². The highest BCUT2D eigenvalue weighted by Gasteiger charge is 2.39. The Hall–Kier alpha value is -0.0500. The van der Waals surface area contributed by atoms with Gasteiger partial charge in [-0.1, -0.05) is 42.6 Å². The van der Waals surface area contributed by atoms with E-state index in [-0.39, 0.29) is 11.3 Å². The molecule has 3 atom stereocenters. The largest absolute Gasteiger partial charge is 0.356 e. The van der Waals surface area contributed by atoms with Crippen LogP contribution in [-0.4, -0.2) is 17.8 Å².